The van der Waals surface area contributed by atoms with Gasteiger partial charge in [-0.2, -0.15) is 9.83 Å². The summed E-state index contributed by atoms with van der Waals surface area (Å²) in [5.74, 6) is 1.24. The fourth-order valence-corrected chi connectivity index (χ4v) is 4.83. The second-order valence-corrected chi connectivity index (χ2v) is 8.14. The second-order valence-electron chi connectivity index (χ2n) is 8.14. The summed E-state index contributed by atoms with van der Waals surface area (Å²) in [6.07, 6.45) is 10.7. The zero-order valence-corrected chi connectivity index (χ0v) is 15.1. The van der Waals surface area contributed by atoms with E-state index >= 15 is 0 Å². The number of carbonyl (C=O) groups excluding carboxylic acids is 1. The average Bonchev–Trinajstić information content (AvgIpc) is 3.14. The maximum Gasteiger partial charge on any atom is 0.272 e. The van der Waals surface area contributed by atoms with E-state index in [4.69, 9.17) is 0 Å². The highest BCUT2D eigenvalue weighted by Gasteiger charge is 2.47. The number of nitrogens with zero attached hydrogens (tertiary/aromatic N) is 4. The van der Waals surface area contributed by atoms with Crippen LogP contribution in [0, 0.1) is 11.1 Å². The number of amides is 1. The first-order chi connectivity index (χ1) is 13.1. The Bertz CT molecular complexity index is 903. The minimum absolute atomic E-state index is 0.0528. The summed E-state index contributed by atoms with van der Waals surface area (Å²) >= 11 is 0. The van der Waals surface area contributed by atoms with Gasteiger partial charge < -0.3 is 15.6 Å². The highest BCUT2D eigenvalue weighted by Crippen LogP contribution is 2.55. The van der Waals surface area contributed by atoms with E-state index in [1.165, 1.54) is 18.6 Å². The van der Waals surface area contributed by atoms with Gasteiger partial charge in [-0.3, -0.25) is 4.79 Å². The fraction of sp³-hybridized carbons (Fsp3) is 0.579. The minimum atomic E-state index is -0.534. The molecular weight excluding hydrogens is 346 g/mol. The molecule has 2 aromatic heterocycles. The van der Waals surface area contributed by atoms with E-state index in [1.54, 1.807) is 4.68 Å². The first-order valence-corrected chi connectivity index (χ1v) is 9.70. The number of fused-ring (bicyclic) bond motifs is 3. The summed E-state index contributed by atoms with van der Waals surface area (Å²) in [5, 5.41) is 29.2. The largest absolute Gasteiger partial charge is 0.619 e. The number of nitrogens with one attached hydrogen (secondary N) is 1. The lowest BCUT2D eigenvalue weighted by molar-refractivity contribution is -0.605. The molecule has 0 aliphatic heterocycles. The number of aromatic nitrogens is 4. The summed E-state index contributed by atoms with van der Waals surface area (Å²) in [4.78, 5) is 17.4. The van der Waals surface area contributed by atoms with Gasteiger partial charge in [0.25, 0.3) is 5.91 Å². The van der Waals surface area contributed by atoms with E-state index in [0.29, 0.717) is 28.1 Å². The van der Waals surface area contributed by atoms with Crippen LogP contribution in [0.1, 0.15) is 66.2 Å². The van der Waals surface area contributed by atoms with Gasteiger partial charge in [-0.05, 0) is 38.0 Å². The number of aliphatic hydroxyl groups is 1. The fourth-order valence-electron chi connectivity index (χ4n) is 4.83. The Labute approximate surface area is 156 Å². The smallest absolute Gasteiger partial charge is 0.272 e. The summed E-state index contributed by atoms with van der Waals surface area (Å²) in [7, 11) is 0. The summed E-state index contributed by atoms with van der Waals surface area (Å²) in [6.45, 7) is -0.0528. The van der Waals surface area contributed by atoms with Gasteiger partial charge in [-0.25, -0.2) is 9.67 Å². The highest BCUT2D eigenvalue weighted by molar-refractivity contribution is 5.95. The first kappa shape index (κ1) is 16.7. The van der Waals surface area contributed by atoms with E-state index in [0.717, 1.165) is 56.2 Å². The number of hydrogen-bond acceptors (Lipinski definition) is 5. The van der Waals surface area contributed by atoms with Crippen molar-refractivity contribution in [2.45, 2.75) is 56.4 Å². The zero-order chi connectivity index (χ0) is 18.6. The molecule has 5 rings (SSSR count). The molecule has 2 N–H and O–H groups in total. The number of hydrogen-bond donors (Lipinski definition) is 2. The van der Waals surface area contributed by atoms with Gasteiger partial charge in [0.05, 0.1) is 24.0 Å². The Hall–Kier alpha value is -2.48. The third-order valence-electron chi connectivity index (χ3n) is 6.40. The number of carbonyl (C=O) groups is 1. The molecule has 8 heteroatoms. The van der Waals surface area contributed by atoms with E-state index in [2.05, 4.69) is 15.4 Å². The van der Waals surface area contributed by atoms with Gasteiger partial charge in [0.2, 0.25) is 12.0 Å². The van der Waals surface area contributed by atoms with Gasteiger partial charge in [-0.15, -0.1) is 0 Å². The summed E-state index contributed by atoms with van der Waals surface area (Å²) in [5.41, 5.74) is 1.88. The van der Waals surface area contributed by atoms with Crippen LogP contribution in [-0.4, -0.2) is 37.9 Å². The first-order valence-electron chi connectivity index (χ1n) is 9.70. The van der Waals surface area contributed by atoms with E-state index < -0.39 is 5.54 Å². The topological polar surface area (TPSA) is 107 Å². The van der Waals surface area contributed by atoms with Crippen molar-refractivity contribution in [3.63, 3.8) is 0 Å². The predicted molar refractivity (Wildman–Crippen MR) is 95.2 cm³/mol. The molecule has 3 aliphatic rings. The Balaban J connectivity index is 1.55. The van der Waals surface area contributed by atoms with Gasteiger partial charge in [-0.1, -0.05) is 12.8 Å². The molecule has 0 saturated heterocycles. The van der Waals surface area contributed by atoms with E-state index in [1.807, 2.05) is 0 Å². The van der Waals surface area contributed by atoms with Gasteiger partial charge in [0.15, 0.2) is 11.9 Å². The molecule has 8 nitrogen and oxygen atoms in total. The predicted octanol–water partition coefficient (Wildman–Crippen LogP) is 0.985. The van der Waals surface area contributed by atoms with Crippen LogP contribution in [0.2, 0.25) is 0 Å². The molecule has 0 bridgehead atoms. The van der Waals surface area contributed by atoms with Gasteiger partial charge in [0.1, 0.15) is 0 Å². The molecule has 0 spiro atoms. The quantitative estimate of drug-likeness (QED) is 0.617. The summed E-state index contributed by atoms with van der Waals surface area (Å²) < 4.78 is 2.38. The lowest BCUT2D eigenvalue weighted by Gasteiger charge is -2.27. The molecule has 1 amide bonds. The third-order valence-corrected chi connectivity index (χ3v) is 6.40. The molecule has 2 fully saturated rings. The van der Waals surface area contributed by atoms with Crippen LogP contribution in [0.15, 0.2) is 18.6 Å². The molecule has 27 heavy (non-hydrogen) atoms. The van der Waals surface area contributed by atoms with Crippen LogP contribution < -0.4 is 10.0 Å². The van der Waals surface area contributed by atoms with Gasteiger partial charge in [0, 0.05) is 11.5 Å². The Morgan fingerprint density at radius 3 is 3.00 bits per heavy atom. The monoisotopic (exact) mass is 369 g/mol. The Morgan fingerprint density at radius 2 is 2.26 bits per heavy atom. The molecule has 0 radical (unpaired) electrons. The Morgan fingerprint density at radius 1 is 1.44 bits per heavy atom. The van der Waals surface area contributed by atoms with Crippen molar-refractivity contribution in [3.05, 3.63) is 40.7 Å². The molecule has 3 aliphatic carbocycles. The van der Waals surface area contributed by atoms with Crippen molar-refractivity contribution in [3.8, 4) is 5.82 Å². The van der Waals surface area contributed by atoms with Gasteiger partial charge >= 0.3 is 0 Å². The lowest BCUT2D eigenvalue weighted by Crippen LogP contribution is -2.49. The summed E-state index contributed by atoms with van der Waals surface area (Å²) in [6, 6.07) is 0. The van der Waals surface area contributed by atoms with Crippen molar-refractivity contribution in [1.82, 2.24) is 20.1 Å². The van der Waals surface area contributed by atoms with Crippen LogP contribution in [0.3, 0.4) is 0 Å². The molecule has 2 heterocycles. The van der Waals surface area contributed by atoms with Crippen LogP contribution in [0.5, 0.6) is 0 Å². The number of rotatable bonds is 4. The van der Waals surface area contributed by atoms with Crippen molar-refractivity contribution >= 4 is 5.91 Å². The maximum atomic E-state index is 13.1. The molecule has 2 unspecified atom stereocenters. The lowest BCUT2D eigenvalue weighted by atomic mass is 9.94. The maximum absolute atomic E-state index is 13.1. The SMILES string of the molecule is O=C(NC1(CO)CCCC1)c1nn(-c2c[n+]([O-])ccn2)c2c1CCC1CC21. The molecule has 2 aromatic rings. The van der Waals surface area contributed by atoms with E-state index in [-0.39, 0.29) is 12.5 Å². The normalized spacial score (nSPS) is 24.9. The molecule has 142 valence electrons. The van der Waals surface area contributed by atoms with Crippen molar-refractivity contribution in [1.29, 1.82) is 0 Å². The van der Waals surface area contributed by atoms with Crippen LogP contribution >= 0.6 is 0 Å². The van der Waals surface area contributed by atoms with Crippen molar-refractivity contribution in [2.24, 2.45) is 5.92 Å². The van der Waals surface area contributed by atoms with Crippen molar-refractivity contribution in [2.75, 3.05) is 6.61 Å². The van der Waals surface area contributed by atoms with E-state index in [9.17, 15) is 15.1 Å². The Kier molecular flexibility index (Phi) is 3.72. The third kappa shape index (κ3) is 2.70. The molecule has 2 saturated carbocycles. The molecular formula is C19H23N5O3. The number of aliphatic hydroxyl groups excluding tert-OH is 1. The van der Waals surface area contributed by atoms with Crippen molar-refractivity contribution < 1.29 is 14.6 Å². The average molecular weight is 369 g/mol. The molecule has 2 atom stereocenters. The second kappa shape index (κ2) is 6.02. The standard InChI is InChI=1S/C19H23N5O3/c25-11-19(5-1-2-6-19)21-18(26)16-13-4-3-12-9-14(12)17(13)24(22-16)15-10-23(27)8-7-20-15/h7-8,10,12,14,25H,1-6,9,11H2,(H,21,26). The minimum Gasteiger partial charge on any atom is -0.619 e. The van der Waals surface area contributed by atoms with Crippen LogP contribution in [-0.2, 0) is 6.42 Å². The highest BCUT2D eigenvalue weighted by atomic mass is 16.5. The zero-order valence-electron chi connectivity index (χ0n) is 15.1. The van der Waals surface area contributed by atoms with Crippen LogP contribution in [0.25, 0.3) is 5.82 Å². The molecule has 0 aromatic carbocycles. The van der Waals surface area contributed by atoms with Crippen LogP contribution in [0.4, 0.5) is 0 Å².